The molecule has 0 radical (unpaired) electrons. The van der Waals surface area contributed by atoms with Crippen LogP contribution in [0.15, 0.2) is 78.4 Å². The lowest BCUT2D eigenvalue weighted by molar-refractivity contribution is 0.472. The van der Waals surface area contributed by atoms with Crippen molar-refractivity contribution >= 4 is 8.07 Å². The monoisotopic (exact) mass is 400 g/mol. The maximum Gasteiger partial charge on any atom is 0.0550 e. The minimum absolute atomic E-state index is 0.664. The number of hydrogen-bond donors (Lipinski definition) is 0. The fraction of sp³-hybridized carbons (Fsp3) is 0.500. The largest absolute Gasteiger partial charge is 0.0808 e. The molecule has 1 heteroatoms. The Hall–Kier alpha value is -1.60. The summed E-state index contributed by atoms with van der Waals surface area (Å²) in [7, 11) is -1.48. The zero-order valence-electron chi connectivity index (χ0n) is 18.5. The van der Waals surface area contributed by atoms with E-state index in [-0.39, 0.29) is 0 Å². The molecule has 0 heterocycles. The number of allylic oxidation sites excluding steroid dienone is 8. The summed E-state index contributed by atoms with van der Waals surface area (Å²) in [6.07, 6.45) is 20.2. The topological polar surface area (TPSA) is 0 Å². The van der Waals surface area contributed by atoms with E-state index in [1.165, 1.54) is 18.4 Å². The summed E-state index contributed by atoms with van der Waals surface area (Å²) < 4.78 is 0. The van der Waals surface area contributed by atoms with Crippen LogP contribution in [0, 0.1) is 29.6 Å². The average Bonchev–Trinajstić information content (AvgIpc) is 3.27. The SMILES string of the molecule is CC1=CC2C(C=C1)C([Si](C)(C)C1CCC3C=CC=CC31)C(C)C2c1ccccc1. The van der Waals surface area contributed by atoms with E-state index in [1.54, 1.807) is 5.56 Å². The van der Waals surface area contributed by atoms with E-state index in [0.29, 0.717) is 11.8 Å². The molecular formula is C28H36Si. The quantitative estimate of drug-likeness (QED) is 0.455. The van der Waals surface area contributed by atoms with Gasteiger partial charge in [-0.25, -0.2) is 0 Å². The Morgan fingerprint density at radius 1 is 0.862 bits per heavy atom. The maximum absolute atomic E-state index is 2.75. The Kier molecular flexibility index (Phi) is 4.85. The molecule has 8 unspecified atom stereocenters. The van der Waals surface area contributed by atoms with Crippen molar-refractivity contribution in [1.29, 1.82) is 0 Å². The predicted octanol–water partition coefficient (Wildman–Crippen LogP) is 7.77. The van der Waals surface area contributed by atoms with Crippen LogP contribution in [0.1, 0.15) is 38.2 Å². The van der Waals surface area contributed by atoms with Crippen LogP contribution in [0.2, 0.25) is 24.2 Å². The predicted molar refractivity (Wildman–Crippen MR) is 128 cm³/mol. The van der Waals surface area contributed by atoms with Crippen molar-refractivity contribution in [1.82, 2.24) is 0 Å². The van der Waals surface area contributed by atoms with E-state index in [1.807, 2.05) is 0 Å². The molecule has 4 aliphatic carbocycles. The van der Waals surface area contributed by atoms with Gasteiger partial charge in [0.25, 0.3) is 0 Å². The smallest absolute Gasteiger partial charge is 0.0550 e. The molecule has 152 valence electrons. The number of rotatable bonds is 3. The number of hydrogen-bond acceptors (Lipinski definition) is 0. The molecule has 0 spiro atoms. The third kappa shape index (κ3) is 3.08. The van der Waals surface area contributed by atoms with Crippen molar-refractivity contribution in [3.05, 3.63) is 84.0 Å². The highest BCUT2D eigenvalue weighted by Gasteiger charge is 2.57. The van der Waals surface area contributed by atoms with Crippen molar-refractivity contribution in [2.75, 3.05) is 0 Å². The minimum Gasteiger partial charge on any atom is -0.0808 e. The molecular weight excluding hydrogens is 364 g/mol. The van der Waals surface area contributed by atoms with Gasteiger partial charge in [0.15, 0.2) is 0 Å². The lowest BCUT2D eigenvalue weighted by Crippen LogP contribution is -2.44. The van der Waals surface area contributed by atoms with Gasteiger partial charge in [-0.05, 0) is 65.5 Å². The molecule has 1 aromatic carbocycles. The first-order chi connectivity index (χ1) is 14.0. The molecule has 4 aliphatic rings. The summed E-state index contributed by atoms with van der Waals surface area (Å²) in [4.78, 5) is 0. The number of fused-ring (bicyclic) bond motifs is 2. The molecule has 2 saturated carbocycles. The molecule has 1 aromatic rings. The highest BCUT2D eigenvalue weighted by molar-refractivity contribution is 6.80. The van der Waals surface area contributed by atoms with E-state index in [2.05, 4.69) is 99.8 Å². The lowest BCUT2D eigenvalue weighted by Gasteiger charge is -2.44. The van der Waals surface area contributed by atoms with Gasteiger partial charge in [-0.2, -0.15) is 0 Å². The third-order valence-electron chi connectivity index (χ3n) is 9.02. The Morgan fingerprint density at radius 2 is 1.62 bits per heavy atom. The Balaban J connectivity index is 1.53. The summed E-state index contributed by atoms with van der Waals surface area (Å²) in [6.45, 7) is 10.4. The van der Waals surface area contributed by atoms with Crippen LogP contribution in [0.5, 0.6) is 0 Å². The first kappa shape index (κ1) is 19.4. The molecule has 0 bridgehead atoms. The molecule has 0 nitrogen and oxygen atoms in total. The highest BCUT2D eigenvalue weighted by Crippen LogP contribution is 2.64. The summed E-state index contributed by atoms with van der Waals surface area (Å²) in [6, 6.07) is 11.4. The average molecular weight is 401 g/mol. The van der Waals surface area contributed by atoms with E-state index in [0.717, 1.165) is 34.8 Å². The molecule has 8 atom stereocenters. The summed E-state index contributed by atoms with van der Waals surface area (Å²) in [5, 5.41) is 0. The van der Waals surface area contributed by atoms with E-state index in [4.69, 9.17) is 0 Å². The fourth-order valence-electron chi connectivity index (χ4n) is 7.93. The molecule has 0 aliphatic heterocycles. The standard InChI is InChI=1S/C28H36Si/c1-19-14-16-24-25(18-19)27(22-11-6-5-7-12-22)20(2)28(24)29(3,4)26-17-15-21-10-8-9-13-23(21)26/h5-14,16,18,20-21,23-28H,15,17H2,1-4H3. The summed E-state index contributed by atoms with van der Waals surface area (Å²) >= 11 is 0. The number of benzene rings is 1. The Morgan fingerprint density at radius 3 is 2.41 bits per heavy atom. The van der Waals surface area contributed by atoms with Gasteiger partial charge in [0.1, 0.15) is 0 Å². The molecule has 0 saturated heterocycles. The van der Waals surface area contributed by atoms with Crippen molar-refractivity contribution in [2.24, 2.45) is 29.6 Å². The first-order valence-electron chi connectivity index (χ1n) is 11.7. The second kappa shape index (κ2) is 7.27. The fourth-order valence-corrected chi connectivity index (χ4v) is 13.6. The Labute approximate surface area is 178 Å². The lowest BCUT2D eigenvalue weighted by atomic mass is 9.79. The van der Waals surface area contributed by atoms with Gasteiger partial charge in [0, 0.05) is 0 Å². The van der Waals surface area contributed by atoms with E-state index < -0.39 is 8.07 Å². The maximum atomic E-state index is 2.75. The zero-order chi connectivity index (χ0) is 20.2. The van der Waals surface area contributed by atoms with Gasteiger partial charge in [0.2, 0.25) is 0 Å². The zero-order valence-corrected chi connectivity index (χ0v) is 19.5. The van der Waals surface area contributed by atoms with E-state index >= 15 is 0 Å². The first-order valence-corrected chi connectivity index (χ1v) is 14.9. The van der Waals surface area contributed by atoms with Crippen LogP contribution in [-0.4, -0.2) is 8.07 Å². The molecule has 0 aromatic heterocycles. The van der Waals surface area contributed by atoms with Crippen molar-refractivity contribution in [2.45, 2.75) is 56.8 Å². The molecule has 29 heavy (non-hydrogen) atoms. The van der Waals surface area contributed by atoms with Crippen LogP contribution in [0.3, 0.4) is 0 Å². The molecule has 2 fully saturated rings. The summed E-state index contributed by atoms with van der Waals surface area (Å²) in [5.74, 6) is 4.42. The van der Waals surface area contributed by atoms with Gasteiger partial charge < -0.3 is 0 Å². The van der Waals surface area contributed by atoms with Crippen LogP contribution >= 0.6 is 0 Å². The van der Waals surface area contributed by atoms with Crippen molar-refractivity contribution in [3.63, 3.8) is 0 Å². The van der Waals surface area contributed by atoms with E-state index in [9.17, 15) is 0 Å². The van der Waals surface area contributed by atoms with Gasteiger partial charge >= 0.3 is 0 Å². The van der Waals surface area contributed by atoms with Crippen molar-refractivity contribution < 1.29 is 0 Å². The molecule has 0 N–H and O–H groups in total. The van der Waals surface area contributed by atoms with Crippen LogP contribution in [-0.2, 0) is 0 Å². The van der Waals surface area contributed by atoms with Gasteiger partial charge in [-0.3, -0.25) is 0 Å². The second-order valence-electron chi connectivity index (χ2n) is 10.8. The molecule has 0 amide bonds. The van der Waals surface area contributed by atoms with Crippen LogP contribution in [0.4, 0.5) is 0 Å². The normalized spacial score (nSPS) is 40.6. The third-order valence-corrected chi connectivity index (χ3v) is 14.2. The summed E-state index contributed by atoms with van der Waals surface area (Å²) in [5.41, 5.74) is 4.81. The van der Waals surface area contributed by atoms with Gasteiger partial charge in [-0.15, -0.1) is 0 Å². The van der Waals surface area contributed by atoms with Crippen LogP contribution < -0.4 is 0 Å². The van der Waals surface area contributed by atoms with Gasteiger partial charge in [-0.1, -0.05) is 105 Å². The second-order valence-corrected chi connectivity index (χ2v) is 15.8. The highest BCUT2D eigenvalue weighted by atomic mass is 28.3. The van der Waals surface area contributed by atoms with Crippen LogP contribution in [0.25, 0.3) is 0 Å². The van der Waals surface area contributed by atoms with Crippen molar-refractivity contribution in [3.8, 4) is 0 Å². The van der Waals surface area contributed by atoms with Gasteiger partial charge in [0.05, 0.1) is 8.07 Å². The Bertz CT molecular complexity index is 871. The minimum atomic E-state index is -1.48. The molecule has 5 rings (SSSR count).